The van der Waals surface area contributed by atoms with Crippen LogP contribution in [0.15, 0.2) is 21.5 Å². The molecule has 1 aromatic rings. The van der Waals surface area contributed by atoms with Crippen molar-refractivity contribution in [2.24, 2.45) is 5.14 Å². The largest absolute Gasteiger partial charge is 0.239 e. The lowest BCUT2D eigenvalue weighted by molar-refractivity contribution is 0.587. The second-order valence-electron chi connectivity index (χ2n) is 2.53. The number of hydrogen-bond donors (Lipinski definition) is 1. The summed E-state index contributed by atoms with van der Waals surface area (Å²) in [6.07, 6.45) is 0. The van der Waals surface area contributed by atoms with E-state index in [2.05, 4.69) is 15.9 Å². The minimum absolute atomic E-state index is 0.0249. The normalized spacial score (nSPS) is 11.7. The van der Waals surface area contributed by atoms with E-state index in [9.17, 15) is 12.8 Å². The number of benzene rings is 1. The molecule has 3 nitrogen and oxygen atoms in total. The Morgan fingerprint density at radius 2 is 2.00 bits per heavy atom. The van der Waals surface area contributed by atoms with Crippen LogP contribution in [0.1, 0.15) is 5.56 Å². The zero-order chi connectivity index (χ0) is 10.2. The van der Waals surface area contributed by atoms with E-state index in [1.807, 2.05) is 0 Å². The van der Waals surface area contributed by atoms with Gasteiger partial charge in [-0.1, -0.05) is 0 Å². The Morgan fingerprint density at radius 1 is 1.46 bits per heavy atom. The Bertz CT molecular complexity index is 444. The average molecular weight is 268 g/mol. The summed E-state index contributed by atoms with van der Waals surface area (Å²) in [6.45, 7) is 1.36. The molecule has 0 aromatic heterocycles. The predicted molar refractivity (Wildman–Crippen MR) is 50.2 cm³/mol. The average Bonchev–Trinajstić information content (AvgIpc) is 1.95. The molecule has 1 aromatic carbocycles. The summed E-state index contributed by atoms with van der Waals surface area (Å²) in [7, 11) is -3.87. The monoisotopic (exact) mass is 267 g/mol. The van der Waals surface area contributed by atoms with Gasteiger partial charge in [-0.15, -0.1) is 0 Å². The highest BCUT2D eigenvalue weighted by atomic mass is 79.9. The molecule has 0 amide bonds. The molecule has 0 fully saturated rings. The molecule has 0 heterocycles. The molecular formula is C7H7BrFNO2S. The van der Waals surface area contributed by atoms with Crippen LogP contribution in [-0.4, -0.2) is 8.42 Å². The maximum atomic E-state index is 12.9. The molecule has 72 valence electrons. The van der Waals surface area contributed by atoms with Gasteiger partial charge in [0.15, 0.2) is 0 Å². The van der Waals surface area contributed by atoms with Gasteiger partial charge in [-0.05, 0) is 35.0 Å². The van der Waals surface area contributed by atoms with Gasteiger partial charge < -0.3 is 0 Å². The van der Waals surface area contributed by atoms with Crippen molar-refractivity contribution in [2.75, 3.05) is 0 Å². The lowest BCUT2D eigenvalue weighted by atomic mass is 10.2. The van der Waals surface area contributed by atoms with Crippen molar-refractivity contribution in [3.05, 3.63) is 28.0 Å². The quantitative estimate of drug-likeness (QED) is 0.839. The third-order valence-corrected chi connectivity index (χ3v) is 3.59. The van der Waals surface area contributed by atoms with Crippen molar-refractivity contribution >= 4 is 26.0 Å². The number of hydrogen-bond acceptors (Lipinski definition) is 2. The summed E-state index contributed by atoms with van der Waals surface area (Å²) in [4.78, 5) is -0.201. The molecule has 0 spiro atoms. The molecule has 2 N–H and O–H groups in total. The van der Waals surface area contributed by atoms with Crippen LogP contribution < -0.4 is 5.14 Å². The van der Waals surface area contributed by atoms with Gasteiger partial charge in [-0.25, -0.2) is 17.9 Å². The van der Waals surface area contributed by atoms with Gasteiger partial charge in [-0.3, -0.25) is 0 Å². The van der Waals surface area contributed by atoms with Crippen molar-refractivity contribution < 1.29 is 12.8 Å². The Hall–Kier alpha value is -0.460. The van der Waals surface area contributed by atoms with E-state index in [0.29, 0.717) is 0 Å². The van der Waals surface area contributed by atoms with Crippen molar-refractivity contribution in [1.29, 1.82) is 0 Å². The molecule has 0 saturated heterocycles. The van der Waals surface area contributed by atoms with Crippen LogP contribution in [0.4, 0.5) is 4.39 Å². The predicted octanol–water partition coefficient (Wildman–Crippen LogP) is 1.54. The first-order valence-electron chi connectivity index (χ1n) is 3.31. The molecule has 0 aliphatic heterocycles. The zero-order valence-corrected chi connectivity index (χ0v) is 9.12. The second kappa shape index (κ2) is 3.36. The third kappa shape index (κ3) is 2.07. The van der Waals surface area contributed by atoms with E-state index in [0.717, 1.165) is 0 Å². The topological polar surface area (TPSA) is 60.2 Å². The first kappa shape index (κ1) is 10.6. The molecule has 1 rings (SSSR count). The zero-order valence-electron chi connectivity index (χ0n) is 6.71. The summed E-state index contributed by atoms with van der Waals surface area (Å²) in [5.74, 6) is -0.591. The molecule has 0 bridgehead atoms. The third-order valence-electron chi connectivity index (χ3n) is 1.58. The van der Waals surface area contributed by atoms with Crippen LogP contribution in [0.25, 0.3) is 0 Å². The van der Waals surface area contributed by atoms with E-state index in [1.165, 1.54) is 19.1 Å². The highest BCUT2D eigenvalue weighted by Gasteiger charge is 2.17. The molecule has 6 heteroatoms. The maximum Gasteiger partial charge on any atom is 0.239 e. The first-order chi connectivity index (χ1) is 5.84. The van der Waals surface area contributed by atoms with E-state index in [4.69, 9.17) is 5.14 Å². The molecule has 0 unspecified atom stereocenters. The van der Waals surface area contributed by atoms with Gasteiger partial charge >= 0.3 is 0 Å². The van der Waals surface area contributed by atoms with Gasteiger partial charge in [0.2, 0.25) is 10.0 Å². The van der Waals surface area contributed by atoms with E-state index < -0.39 is 15.8 Å². The number of halogens is 2. The van der Waals surface area contributed by atoms with Gasteiger partial charge in [0.1, 0.15) is 10.7 Å². The fourth-order valence-corrected chi connectivity index (χ4v) is 2.95. The summed E-state index contributed by atoms with van der Waals surface area (Å²) < 4.78 is 35.2. The summed E-state index contributed by atoms with van der Waals surface area (Å²) in [5, 5.41) is 4.90. The number of sulfonamides is 1. The van der Waals surface area contributed by atoms with Crippen LogP contribution in [0.2, 0.25) is 0 Å². The first-order valence-corrected chi connectivity index (χ1v) is 5.65. The second-order valence-corrected chi connectivity index (χ2v) is 4.88. The van der Waals surface area contributed by atoms with Crippen molar-refractivity contribution in [3.63, 3.8) is 0 Å². The Morgan fingerprint density at radius 3 is 2.38 bits per heavy atom. The standard InChI is InChI=1S/C7H7BrFNO2S/c1-4-6(9)3-2-5(8)7(4)13(10,11)12/h2-3H,1H3,(H2,10,11,12). The Labute approximate surface area is 83.9 Å². The van der Waals surface area contributed by atoms with Gasteiger partial charge in [0, 0.05) is 10.0 Å². The molecular weight excluding hydrogens is 261 g/mol. The fraction of sp³-hybridized carbons (Fsp3) is 0.143. The minimum atomic E-state index is -3.87. The van der Waals surface area contributed by atoms with Crippen LogP contribution in [0.3, 0.4) is 0 Å². The maximum absolute atomic E-state index is 12.9. The van der Waals surface area contributed by atoms with Gasteiger partial charge in [0.25, 0.3) is 0 Å². The van der Waals surface area contributed by atoms with Crippen LogP contribution in [0.5, 0.6) is 0 Å². The molecule has 0 atom stereocenters. The number of nitrogens with two attached hydrogens (primary N) is 1. The highest BCUT2D eigenvalue weighted by Crippen LogP contribution is 2.25. The van der Waals surface area contributed by atoms with Crippen molar-refractivity contribution in [3.8, 4) is 0 Å². The van der Waals surface area contributed by atoms with Gasteiger partial charge in [0.05, 0.1) is 0 Å². The summed E-state index contributed by atoms with van der Waals surface area (Å²) >= 11 is 2.99. The highest BCUT2D eigenvalue weighted by molar-refractivity contribution is 9.10. The van der Waals surface area contributed by atoms with Gasteiger partial charge in [-0.2, -0.15) is 0 Å². The molecule has 0 radical (unpaired) electrons. The Kier molecular flexibility index (Phi) is 2.74. The molecule has 0 aliphatic carbocycles. The van der Waals surface area contributed by atoms with E-state index in [-0.39, 0.29) is 14.9 Å². The van der Waals surface area contributed by atoms with E-state index >= 15 is 0 Å². The minimum Gasteiger partial charge on any atom is -0.225 e. The fourth-order valence-electron chi connectivity index (χ4n) is 0.984. The Balaban J connectivity index is 3.62. The number of primary sulfonamides is 1. The SMILES string of the molecule is Cc1c(F)ccc(Br)c1S(N)(=O)=O. The van der Waals surface area contributed by atoms with Crippen LogP contribution in [0, 0.1) is 12.7 Å². The summed E-state index contributed by atoms with van der Waals surface area (Å²) in [6, 6.07) is 2.48. The summed E-state index contributed by atoms with van der Waals surface area (Å²) in [5.41, 5.74) is 0.0249. The van der Waals surface area contributed by atoms with Crippen LogP contribution >= 0.6 is 15.9 Å². The smallest absolute Gasteiger partial charge is 0.225 e. The van der Waals surface area contributed by atoms with Crippen molar-refractivity contribution in [1.82, 2.24) is 0 Å². The molecule has 0 saturated carbocycles. The van der Waals surface area contributed by atoms with E-state index in [1.54, 1.807) is 0 Å². The van der Waals surface area contributed by atoms with Crippen LogP contribution in [-0.2, 0) is 10.0 Å². The lowest BCUT2D eigenvalue weighted by Gasteiger charge is -2.06. The van der Waals surface area contributed by atoms with Crippen molar-refractivity contribution in [2.45, 2.75) is 11.8 Å². The number of rotatable bonds is 1. The molecule has 13 heavy (non-hydrogen) atoms. The lowest BCUT2D eigenvalue weighted by Crippen LogP contribution is -2.15. The molecule has 0 aliphatic rings.